The smallest absolute Gasteiger partial charge is 0.239 e. The minimum Gasteiger partial charge on any atom is -0.489 e. The number of anilines is 2. The summed E-state index contributed by atoms with van der Waals surface area (Å²) in [4.78, 5) is 14.1. The second kappa shape index (κ2) is 6.22. The van der Waals surface area contributed by atoms with Crippen LogP contribution >= 0.6 is 0 Å². The first-order valence-electron chi connectivity index (χ1n) is 7.38. The van der Waals surface area contributed by atoms with Crippen molar-refractivity contribution in [3.8, 4) is 5.75 Å². The van der Waals surface area contributed by atoms with Gasteiger partial charge in [0.15, 0.2) is 0 Å². The number of ether oxygens (including phenoxy) is 2. The minimum atomic E-state index is -0.0124. The fraction of sp³-hybridized carbons (Fsp3) is 0.533. The Morgan fingerprint density at radius 1 is 1.43 bits per heavy atom. The van der Waals surface area contributed by atoms with Crippen LogP contribution in [0.15, 0.2) is 18.2 Å². The van der Waals surface area contributed by atoms with Crippen LogP contribution in [0.4, 0.5) is 11.4 Å². The third-order valence-electron chi connectivity index (χ3n) is 3.85. The van der Waals surface area contributed by atoms with Crippen molar-refractivity contribution in [2.45, 2.75) is 18.9 Å². The zero-order valence-corrected chi connectivity index (χ0v) is 12.0. The summed E-state index contributed by atoms with van der Waals surface area (Å²) in [5.74, 6) is 0.731. The molecule has 1 amide bonds. The van der Waals surface area contributed by atoms with Gasteiger partial charge in [0.1, 0.15) is 18.0 Å². The molecule has 1 aromatic carbocycles. The Morgan fingerprint density at radius 2 is 2.33 bits per heavy atom. The van der Waals surface area contributed by atoms with E-state index in [2.05, 4.69) is 5.32 Å². The molecule has 0 aliphatic carbocycles. The van der Waals surface area contributed by atoms with E-state index < -0.39 is 0 Å². The Morgan fingerprint density at radius 3 is 3.14 bits per heavy atom. The molecule has 21 heavy (non-hydrogen) atoms. The maximum atomic E-state index is 12.1. The zero-order valence-electron chi connectivity index (χ0n) is 12.0. The number of carbonyl (C=O) groups excluding carboxylic acids is 1. The van der Waals surface area contributed by atoms with E-state index in [0.717, 1.165) is 30.9 Å². The monoisotopic (exact) mass is 291 g/mol. The van der Waals surface area contributed by atoms with E-state index in [4.69, 9.17) is 15.2 Å². The van der Waals surface area contributed by atoms with Gasteiger partial charge in [-0.3, -0.25) is 4.79 Å². The number of amides is 1. The highest BCUT2D eigenvalue weighted by Gasteiger charge is 2.23. The van der Waals surface area contributed by atoms with Crippen molar-refractivity contribution in [1.29, 1.82) is 0 Å². The first-order valence-corrected chi connectivity index (χ1v) is 7.38. The average Bonchev–Trinajstić information content (AvgIpc) is 2.99. The number of nitrogen functional groups attached to an aromatic ring is 1. The summed E-state index contributed by atoms with van der Waals surface area (Å²) in [7, 11) is 0. The van der Waals surface area contributed by atoms with E-state index in [-0.39, 0.29) is 18.6 Å². The molecular weight excluding hydrogens is 270 g/mol. The average molecular weight is 291 g/mol. The van der Waals surface area contributed by atoms with Crippen LogP contribution in [0, 0.1) is 0 Å². The molecule has 2 aliphatic rings. The fourth-order valence-corrected chi connectivity index (χ4v) is 2.79. The van der Waals surface area contributed by atoms with E-state index in [9.17, 15) is 4.79 Å². The molecule has 1 unspecified atom stereocenters. The van der Waals surface area contributed by atoms with Crippen LogP contribution in [0.1, 0.15) is 12.8 Å². The molecule has 2 aliphatic heterocycles. The second-order valence-electron chi connectivity index (χ2n) is 5.40. The van der Waals surface area contributed by atoms with Gasteiger partial charge in [-0.25, -0.2) is 0 Å². The van der Waals surface area contributed by atoms with Crippen molar-refractivity contribution >= 4 is 17.3 Å². The summed E-state index contributed by atoms with van der Waals surface area (Å²) in [5, 5.41) is 2.93. The number of para-hydroxylation sites is 1. The third kappa shape index (κ3) is 3.21. The van der Waals surface area contributed by atoms with Gasteiger partial charge in [-0.1, -0.05) is 6.07 Å². The van der Waals surface area contributed by atoms with Gasteiger partial charge in [0.25, 0.3) is 0 Å². The van der Waals surface area contributed by atoms with Crippen molar-refractivity contribution in [2.75, 3.05) is 43.5 Å². The molecule has 1 saturated heterocycles. The highest BCUT2D eigenvalue weighted by Crippen LogP contribution is 2.36. The molecular formula is C15H21N3O3. The largest absolute Gasteiger partial charge is 0.489 e. The van der Waals surface area contributed by atoms with Crippen LogP contribution in [0.5, 0.6) is 5.75 Å². The second-order valence-corrected chi connectivity index (χ2v) is 5.40. The van der Waals surface area contributed by atoms with Gasteiger partial charge >= 0.3 is 0 Å². The molecule has 0 spiro atoms. The molecule has 6 nitrogen and oxygen atoms in total. The van der Waals surface area contributed by atoms with Crippen LogP contribution in [0.25, 0.3) is 0 Å². The van der Waals surface area contributed by atoms with Crippen molar-refractivity contribution in [1.82, 2.24) is 5.32 Å². The summed E-state index contributed by atoms with van der Waals surface area (Å²) < 4.78 is 11.1. The quantitative estimate of drug-likeness (QED) is 0.801. The van der Waals surface area contributed by atoms with Gasteiger partial charge < -0.3 is 25.4 Å². The highest BCUT2D eigenvalue weighted by molar-refractivity contribution is 5.85. The van der Waals surface area contributed by atoms with Gasteiger partial charge in [0, 0.05) is 13.2 Å². The lowest BCUT2D eigenvalue weighted by Gasteiger charge is -2.31. The van der Waals surface area contributed by atoms with Crippen LogP contribution in [0.3, 0.4) is 0 Å². The summed E-state index contributed by atoms with van der Waals surface area (Å²) in [6.45, 7) is 2.90. The Hall–Kier alpha value is -1.95. The Labute approximate surface area is 124 Å². The maximum Gasteiger partial charge on any atom is 0.239 e. The highest BCUT2D eigenvalue weighted by atomic mass is 16.5. The lowest BCUT2D eigenvalue weighted by Crippen LogP contribution is -2.43. The van der Waals surface area contributed by atoms with E-state index in [1.165, 1.54) is 0 Å². The van der Waals surface area contributed by atoms with Crippen molar-refractivity contribution < 1.29 is 14.3 Å². The number of rotatable bonds is 4. The van der Waals surface area contributed by atoms with Crippen molar-refractivity contribution in [2.24, 2.45) is 0 Å². The maximum absolute atomic E-state index is 12.1. The van der Waals surface area contributed by atoms with Crippen LogP contribution in [-0.2, 0) is 9.53 Å². The number of nitrogens with zero attached hydrogens (tertiary/aromatic N) is 1. The van der Waals surface area contributed by atoms with Crippen molar-refractivity contribution in [3.05, 3.63) is 18.2 Å². The lowest BCUT2D eigenvalue weighted by atomic mass is 10.2. The number of fused-ring (bicyclic) bond motifs is 1. The standard InChI is InChI=1S/C15H21N3O3/c16-12-4-1-5-13-15(12)18(6-8-21-13)10-14(19)17-9-11-3-2-7-20-11/h1,4-5,11H,2-3,6-10,16H2,(H,17,19). The zero-order chi connectivity index (χ0) is 14.7. The van der Waals surface area contributed by atoms with Gasteiger partial charge in [0.2, 0.25) is 5.91 Å². The first kappa shape index (κ1) is 14.0. The van der Waals surface area contributed by atoms with Crippen LogP contribution < -0.4 is 20.7 Å². The van der Waals surface area contributed by atoms with E-state index in [0.29, 0.717) is 25.4 Å². The number of hydrogen-bond acceptors (Lipinski definition) is 5. The number of hydrogen-bond donors (Lipinski definition) is 2. The molecule has 3 N–H and O–H groups in total. The van der Waals surface area contributed by atoms with Crippen molar-refractivity contribution in [3.63, 3.8) is 0 Å². The lowest BCUT2D eigenvalue weighted by molar-refractivity contribution is -0.120. The number of carbonyl (C=O) groups is 1. The van der Waals surface area contributed by atoms with Gasteiger partial charge in [0.05, 0.1) is 24.9 Å². The van der Waals surface area contributed by atoms with Gasteiger partial charge in [-0.05, 0) is 25.0 Å². The summed E-state index contributed by atoms with van der Waals surface area (Å²) in [5.41, 5.74) is 7.46. The van der Waals surface area contributed by atoms with E-state index in [1.807, 2.05) is 23.1 Å². The third-order valence-corrected chi connectivity index (χ3v) is 3.85. The summed E-state index contributed by atoms with van der Waals surface area (Å²) >= 11 is 0. The predicted molar refractivity (Wildman–Crippen MR) is 80.5 cm³/mol. The molecule has 0 saturated carbocycles. The molecule has 114 valence electrons. The number of benzene rings is 1. The molecule has 0 radical (unpaired) electrons. The number of nitrogens with one attached hydrogen (secondary N) is 1. The van der Waals surface area contributed by atoms with Gasteiger partial charge in [-0.2, -0.15) is 0 Å². The van der Waals surface area contributed by atoms with Crippen LogP contribution in [-0.4, -0.2) is 44.9 Å². The fourth-order valence-electron chi connectivity index (χ4n) is 2.79. The van der Waals surface area contributed by atoms with E-state index in [1.54, 1.807) is 0 Å². The van der Waals surface area contributed by atoms with Gasteiger partial charge in [-0.15, -0.1) is 0 Å². The Bertz CT molecular complexity index is 515. The minimum absolute atomic E-state index is 0.0124. The Balaban J connectivity index is 1.59. The molecule has 2 heterocycles. The Kier molecular flexibility index (Phi) is 4.15. The summed E-state index contributed by atoms with van der Waals surface area (Å²) in [6, 6.07) is 5.56. The van der Waals surface area contributed by atoms with Crippen LogP contribution in [0.2, 0.25) is 0 Å². The normalized spacial score (nSPS) is 20.8. The molecule has 0 bridgehead atoms. The predicted octanol–water partition coefficient (Wildman–Crippen LogP) is 0.763. The molecule has 1 fully saturated rings. The number of nitrogens with two attached hydrogens (primary N) is 1. The molecule has 3 rings (SSSR count). The SMILES string of the molecule is Nc1cccc2c1N(CC(=O)NCC1CCCO1)CCO2. The topological polar surface area (TPSA) is 76.8 Å². The molecule has 0 aromatic heterocycles. The molecule has 1 aromatic rings. The molecule has 6 heteroatoms. The van der Waals surface area contributed by atoms with E-state index >= 15 is 0 Å². The first-order chi connectivity index (χ1) is 10.2. The summed E-state index contributed by atoms with van der Waals surface area (Å²) in [6.07, 6.45) is 2.26. The molecule has 1 atom stereocenters.